The Hall–Kier alpha value is -1.82. The van der Waals surface area contributed by atoms with Gasteiger partial charge in [0.05, 0.1) is 6.20 Å². The van der Waals surface area contributed by atoms with Crippen LogP contribution in [0.5, 0.6) is 0 Å². The Morgan fingerprint density at radius 2 is 2.18 bits per heavy atom. The Morgan fingerprint density at radius 3 is 2.94 bits per heavy atom. The lowest BCUT2D eigenvalue weighted by Crippen LogP contribution is -2.18. The van der Waals surface area contributed by atoms with E-state index in [4.69, 9.17) is 5.84 Å². The average molecular weight is 232 g/mol. The molecule has 3 rings (SSSR count). The van der Waals surface area contributed by atoms with Crippen LogP contribution in [-0.4, -0.2) is 20.4 Å². The number of nitrogens with zero attached hydrogens (tertiary/aromatic N) is 3. The first-order valence-electron chi connectivity index (χ1n) is 5.93. The Labute approximate surface area is 99.2 Å². The average Bonchev–Trinajstić information content (AvgIpc) is 2.98. The standard InChI is InChI=1S/C11H16N6/c12-16-9-7-17-6-5-13-11(17)10(15-9)14-8-3-1-2-4-8/h5-8,16H,1-4,12H2,(H,14,15). The summed E-state index contributed by atoms with van der Waals surface area (Å²) in [5.41, 5.74) is 3.42. The van der Waals surface area contributed by atoms with Crippen molar-refractivity contribution in [3.05, 3.63) is 18.6 Å². The molecule has 0 amide bonds. The third kappa shape index (κ3) is 1.91. The number of fused-ring (bicyclic) bond motifs is 1. The van der Waals surface area contributed by atoms with Crippen molar-refractivity contribution in [1.82, 2.24) is 14.4 Å². The number of nitrogens with one attached hydrogen (secondary N) is 2. The van der Waals surface area contributed by atoms with Crippen LogP contribution in [0.15, 0.2) is 18.6 Å². The van der Waals surface area contributed by atoms with Crippen molar-refractivity contribution in [3.8, 4) is 0 Å². The summed E-state index contributed by atoms with van der Waals surface area (Å²) < 4.78 is 1.92. The second-order valence-corrected chi connectivity index (χ2v) is 4.40. The van der Waals surface area contributed by atoms with Crippen LogP contribution in [-0.2, 0) is 0 Å². The number of nitrogen functional groups attached to an aromatic ring is 1. The number of aromatic nitrogens is 3. The first-order valence-corrected chi connectivity index (χ1v) is 5.93. The Bertz CT molecular complexity index is 514. The SMILES string of the molecule is NNc1cn2ccnc2c(NC2CCCC2)n1. The molecule has 0 unspecified atom stereocenters. The summed E-state index contributed by atoms with van der Waals surface area (Å²) in [4.78, 5) is 8.73. The van der Waals surface area contributed by atoms with Gasteiger partial charge in [-0.1, -0.05) is 12.8 Å². The van der Waals surface area contributed by atoms with E-state index in [1.54, 1.807) is 6.20 Å². The van der Waals surface area contributed by atoms with E-state index in [0.717, 1.165) is 11.5 Å². The second kappa shape index (κ2) is 4.21. The van der Waals surface area contributed by atoms with Gasteiger partial charge < -0.3 is 15.1 Å². The molecule has 90 valence electrons. The molecule has 6 nitrogen and oxygen atoms in total. The normalized spacial score (nSPS) is 16.5. The third-order valence-electron chi connectivity index (χ3n) is 3.22. The van der Waals surface area contributed by atoms with E-state index < -0.39 is 0 Å². The highest BCUT2D eigenvalue weighted by atomic mass is 15.3. The summed E-state index contributed by atoms with van der Waals surface area (Å²) in [6.45, 7) is 0. The lowest BCUT2D eigenvalue weighted by atomic mass is 10.2. The lowest BCUT2D eigenvalue weighted by Gasteiger charge is -2.14. The minimum absolute atomic E-state index is 0.510. The van der Waals surface area contributed by atoms with Crippen LogP contribution in [0.2, 0.25) is 0 Å². The zero-order valence-electron chi connectivity index (χ0n) is 9.56. The predicted molar refractivity (Wildman–Crippen MR) is 66.7 cm³/mol. The summed E-state index contributed by atoms with van der Waals surface area (Å²) in [5, 5.41) is 3.45. The first-order chi connectivity index (χ1) is 8.36. The molecule has 1 aliphatic carbocycles. The molecule has 0 radical (unpaired) electrons. The van der Waals surface area contributed by atoms with Crippen molar-refractivity contribution >= 4 is 17.3 Å². The number of nitrogens with two attached hydrogens (primary N) is 1. The summed E-state index contributed by atoms with van der Waals surface area (Å²) in [6.07, 6.45) is 10.5. The molecule has 17 heavy (non-hydrogen) atoms. The van der Waals surface area contributed by atoms with Crippen LogP contribution in [0.3, 0.4) is 0 Å². The number of hydrazine groups is 1. The van der Waals surface area contributed by atoms with Gasteiger partial charge in [-0.05, 0) is 12.8 Å². The quantitative estimate of drug-likeness (QED) is 0.550. The molecule has 0 atom stereocenters. The molecule has 1 aliphatic rings. The molecule has 6 heteroatoms. The van der Waals surface area contributed by atoms with Gasteiger partial charge in [0.25, 0.3) is 0 Å². The van der Waals surface area contributed by atoms with E-state index in [1.165, 1.54) is 25.7 Å². The van der Waals surface area contributed by atoms with Gasteiger partial charge in [-0.15, -0.1) is 0 Å². The van der Waals surface area contributed by atoms with E-state index in [0.29, 0.717) is 11.9 Å². The molecular formula is C11H16N6. The Kier molecular flexibility index (Phi) is 2.56. The van der Waals surface area contributed by atoms with Crippen molar-refractivity contribution in [2.45, 2.75) is 31.7 Å². The van der Waals surface area contributed by atoms with Gasteiger partial charge in [-0.2, -0.15) is 0 Å². The Morgan fingerprint density at radius 1 is 1.35 bits per heavy atom. The van der Waals surface area contributed by atoms with E-state index in [-0.39, 0.29) is 0 Å². The molecule has 0 spiro atoms. The lowest BCUT2D eigenvalue weighted by molar-refractivity contribution is 0.750. The first kappa shape index (κ1) is 10.3. The zero-order valence-corrected chi connectivity index (χ0v) is 9.56. The second-order valence-electron chi connectivity index (χ2n) is 4.40. The van der Waals surface area contributed by atoms with Gasteiger partial charge in [0.2, 0.25) is 0 Å². The number of hydrogen-bond acceptors (Lipinski definition) is 5. The third-order valence-corrected chi connectivity index (χ3v) is 3.22. The molecule has 0 bridgehead atoms. The van der Waals surface area contributed by atoms with Crippen LogP contribution < -0.4 is 16.6 Å². The number of hydrogen-bond donors (Lipinski definition) is 3. The summed E-state index contributed by atoms with van der Waals surface area (Å²) in [5.74, 6) is 6.85. The summed E-state index contributed by atoms with van der Waals surface area (Å²) in [7, 11) is 0. The molecule has 1 fully saturated rings. The molecule has 0 aliphatic heterocycles. The molecule has 2 aromatic heterocycles. The Balaban J connectivity index is 1.97. The van der Waals surface area contributed by atoms with Crippen molar-refractivity contribution in [1.29, 1.82) is 0 Å². The van der Waals surface area contributed by atoms with Gasteiger partial charge in [-0.25, -0.2) is 15.8 Å². The van der Waals surface area contributed by atoms with Crippen molar-refractivity contribution in [3.63, 3.8) is 0 Å². The largest absolute Gasteiger partial charge is 0.364 e. The number of rotatable bonds is 3. The molecular weight excluding hydrogens is 216 g/mol. The van der Waals surface area contributed by atoms with Crippen LogP contribution in [0, 0.1) is 0 Å². The van der Waals surface area contributed by atoms with Gasteiger partial charge in [0.15, 0.2) is 17.3 Å². The molecule has 2 heterocycles. The smallest absolute Gasteiger partial charge is 0.180 e. The number of anilines is 2. The fourth-order valence-electron chi connectivity index (χ4n) is 2.36. The van der Waals surface area contributed by atoms with Crippen molar-refractivity contribution < 1.29 is 0 Å². The monoisotopic (exact) mass is 232 g/mol. The maximum absolute atomic E-state index is 5.41. The van der Waals surface area contributed by atoms with Gasteiger partial charge in [0, 0.05) is 18.4 Å². The van der Waals surface area contributed by atoms with Gasteiger partial charge in [0.1, 0.15) is 0 Å². The maximum atomic E-state index is 5.41. The van der Waals surface area contributed by atoms with Crippen LogP contribution >= 0.6 is 0 Å². The van der Waals surface area contributed by atoms with E-state index in [9.17, 15) is 0 Å². The summed E-state index contributed by atoms with van der Waals surface area (Å²) >= 11 is 0. The molecule has 0 aromatic carbocycles. The van der Waals surface area contributed by atoms with Crippen molar-refractivity contribution in [2.24, 2.45) is 5.84 Å². The van der Waals surface area contributed by atoms with Crippen LogP contribution in [0.1, 0.15) is 25.7 Å². The van der Waals surface area contributed by atoms with Gasteiger partial charge >= 0.3 is 0 Å². The molecule has 1 saturated carbocycles. The summed E-state index contributed by atoms with van der Waals surface area (Å²) in [6, 6.07) is 0.510. The highest BCUT2D eigenvalue weighted by Crippen LogP contribution is 2.24. The van der Waals surface area contributed by atoms with E-state index in [2.05, 4.69) is 20.7 Å². The minimum atomic E-state index is 0.510. The highest BCUT2D eigenvalue weighted by Gasteiger charge is 2.17. The number of imidazole rings is 1. The predicted octanol–water partition coefficient (Wildman–Crippen LogP) is 1.37. The van der Waals surface area contributed by atoms with Crippen molar-refractivity contribution in [2.75, 3.05) is 10.7 Å². The molecule has 0 saturated heterocycles. The minimum Gasteiger partial charge on any atom is -0.364 e. The zero-order chi connectivity index (χ0) is 11.7. The van der Waals surface area contributed by atoms with Crippen LogP contribution in [0.4, 0.5) is 11.6 Å². The topological polar surface area (TPSA) is 80.3 Å². The van der Waals surface area contributed by atoms with Crippen LogP contribution in [0.25, 0.3) is 5.65 Å². The maximum Gasteiger partial charge on any atom is 0.180 e. The van der Waals surface area contributed by atoms with E-state index >= 15 is 0 Å². The molecule has 2 aromatic rings. The highest BCUT2D eigenvalue weighted by molar-refractivity contribution is 5.65. The van der Waals surface area contributed by atoms with Gasteiger partial charge in [-0.3, -0.25) is 0 Å². The fourth-order valence-corrected chi connectivity index (χ4v) is 2.36. The van der Waals surface area contributed by atoms with E-state index in [1.807, 2.05) is 16.8 Å². The fraction of sp³-hybridized carbons (Fsp3) is 0.455. The molecule has 4 N–H and O–H groups in total.